The highest BCUT2D eigenvalue weighted by Crippen LogP contribution is 2.49. The van der Waals surface area contributed by atoms with Gasteiger partial charge in [0.1, 0.15) is 12.3 Å². The first kappa shape index (κ1) is 23.5. The Balaban J connectivity index is 1.04. The number of rotatable bonds is 9. The lowest BCUT2D eigenvalue weighted by Gasteiger charge is -2.39. The predicted molar refractivity (Wildman–Crippen MR) is 143 cm³/mol. The fourth-order valence-electron chi connectivity index (χ4n) is 5.82. The smallest absolute Gasteiger partial charge is 0.229 e. The van der Waals surface area contributed by atoms with E-state index in [1.165, 1.54) is 25.0 Å². The van der Waals surface area contributed by atoms with Gasteiger partial charge in [-0.1, -0.05) is 6.92 Å². The number of anilines is 1. The molecule has 3 aliphatic rings. The fourth-order valence-corrected chi connectivity index (χ4v) is 5.82. The van der Waals surface area contributed by atoms with E-state index >= 15 is 0 Å². The number of likely N-dealkylation sites (N-methyl/N-ethyl adjacent to an activating group) is 1. The molecule has 3 atom stereocenters. The molecule has 4 aromatic heterocycles. The van der Waals surface area contributed by atoms with Gasteiger partial charge in [0.25, 0.3) is 0 Å². The summed E-state index contributed by atoms with van der Waals surface area (Å²) in [4.78, 5) is 15.4. The van der Waals surface area contributed by atoms with Crippen molar-refractivity contribution in [2.75, 3.05) is 25.0 Å². The molecule has 4 aromatic rings. The first-order chi connectivity index (χ1) is 18.5. The summed E-state index contributed by atoms with van der Waals surface area (Å²) in [7, 11) is 3.94. The summed E-state index contributed by atoms with van der Waals surface area (Å²) < 4.78 is 11.8. The summed E-state index contributed by atoms with van der Waals surface area (Å²) >= 11 is 0. The number of ether oxygens (including phenoxy) is 1. The number of amides is 1. The van der Waals surface area contributed by atoms with Gasteiger partial charge in [-0.25, -0.2) is 4.52 Å². The van der Waals surface area contributed by atoms with Gasteiger partial charge in [-0.2, -0.15) is 15.3 Å². The molecule has 2 saturated carbocycles. The van der Waals surface area contributed by atoms with Crippen LogP contribution in [0.15, 0.2) is 36.7 Å². The first-order valence-electron chi connectivity index (χ1n) is 13.7. The molecule has 1 amide bonds. The average Bonchev–Trinajstić information content (AvgIpc) is 3.78. The van der Waals surface area contributed by atoms with Crippen LogP contribution in [0.2, 0.25) is 0 Å². The summed E-state index contributed by atoms with van der Waals surface area (Å²) in [6.07, 6.45) is 8.20. The molecule has 198 valence electrons. The molecule has 5 heterocycles. The summed E-state index contributed by atoms with van der Waals surface area (Å²) in [6.45, 7) is 5.05. The first-order valence-corrected chi connectivity index (χ1v) is 13.7. The highest BCUT2D eigenvalue weighted by atomic mass is 16.5. The monoisotopic (exact) mass is 514 g/mol. The summed E-state index contributed by atoms with van der Waals surface area (Å²) in [5, 5.41) is 16.8. The highest BCUT2D eigenvalue weighted by molar-refractivity contribution is 5.95. The molecule has 10 nitrogen and oxygen atoms in total. The number of aryl methyl sites for hydroxylation is 2. The maximum Gasteiger partial charge on any atom is 0.229 e. The predicted octanol–water partition coefficient (Wildman–Crippen LogP) is 3.56. The van der Waals surface area contributed by atoms with Crippen LogP contribution in [0.3, 0.4) is 0 Å². The minimum absolute atomic E-state index is 0.0108. The third-order valence-corrected chi connectivity index (χ3v) is 8.43. The minimum Gasteiger partial charge on any atom is -0.488 e. The second-order valence-corrected chi connectivity index (χ2v) is 11.0. The summed E-state index contributed by atoms with van der Waals surface area (Å²) in [6, 6.07) is 8.65. The molecular formula is C28H34N8O2. The van der Waals surface area contributed by atoms with E-state index in [1.807, 2.05) is 41.8 Å². The lowest BCUT2D eigenvalue weighted by atomic mass is 10.0. The van der Waals surface area contributed by atoms with E-state index < -0.39 is 0 Å². The number of fused-ring (bicyclic) bond motifs is 1. The molecule has 0 bridgehead atoms. The third kappa shape index (κ3) is 4.16. The van der Waals surface area contributed by atoms with Gasteiger partial charge in [-0.15, -0.1) is 0 Å². The van der Waals surface area contributed by atoms with Crippen molar-refractivity contribution < 1.29 is 9.53 Å². The van der Waals surface area contributed by atoms with E-state index in [1.54, 1.807) is 10.7 Å². The molecule has 38 heavy (non-hydrogen) atoms. The number of nitrogens with one attached hydrogen (secondary N) is 1. The quantitative estimate of drug-likeness (QED) is 0.367. The molecule has 0 spiro atoms. The normalized spacial score (nSPS) is 23.0. The fraction of sp³-hybridized carbons (Fsp3) is 0.500. The van der Waals surface area contributed by atoms with Crippen LogP contribution >= 0.6 is 0 Å². The Bertz CT molecular complexity index is 1510. The second-order valence-electron chi connectivity index (χ2n) is 11.0. The van der Waals surface area contributed by atoms with Crippen LogP contribution in [0.4, 0.5) is 5.82 Å². The van der Waals surface area contributed by atoms with Crippen LogP contribution < -0.4 is 10.1 Å². The van der Waals surface area contributed by atoms with Crippen molar-refractivity contribution in [3.05, 3.63) is 48.0 Å². The van der Waals surface area contributed by atoms with Crippen molar-refractivity contribution in [3.8, 4) is 17.0 Å². The molecule has 1 N–H and O–H groups in total. The summed E-state index contributed by atoms with van der Waals surface area (Å²) in [5.41, 5.74) is 5.17. The molecular weight excluding hydrogens is 480 g/mol. The number of likely N-dealkylation sites (tertiary alicyclic amines) is 1. The number of nitrogens with zero attached hydrogens (tertiary/aromatic N) is 7. The second kappa shape index (κ2) is 8.97. The van der Waals surface area contributed by atoms with E-state index in [4.69, 9.17) is 9.84 Å². The van der Waals surface area contributed by atoms with Crippen molar-refractivity contribution in [1.29, 1.82) is 0 Å². The maximum atomic E-state index is 13.0. The van der Waals surface area contributed by atoms with Gasteiger partial charge in [0.15, 0.2) is 11.6 Å². The van der Waals surface area contributed by atoms with Crippen LogP contribution in [0.5, 0.6) is 5.75 Å². The Morgan fingerprint density at radius 1 is 1.13 bits per heavy atom. The number of aromatic nitrogens is 6. The van der Waals surface area contributed by atoms with Crippen LogP contribution in [-0.4, -0.2) is 65.7 Å². The topological polar surface area (TPSA) is 94.5 Å². The zero-order chi connectivity index (χ0) is 26.0. The zero-order valence-electron chi connectivity index (χ0n) is 22.2. The van der Waals surface area contributed by atoms with Crippen LogP contribution in [0, 0.1) is 5.92 Å². The molecule has 0 unspecified atom stereocenters. The van der Waals surface area contributed by atoms with Gasteiger partial charge in [-0.05, 0) is 50.4 Å². The molecule has 1 aliphatic heterocycles. The Kier molecular flexibility index (Phi) is 5.54. The van der Waals surface area contributed by atoms with Crippen LogP contribution in [0.25, 0.3) is 16.8 Å². The lowest BCUT2D eigenvalue weighted by Crippen LogP contribution is -2.50. The number of hydrogen-bond donors (Lipinski definition) is 1. The largest absolute Gasteiger partial charge is 0.488 e. The Morgan fingerprint density at radius 2 is 2.00 bits per heavy atom. The van der Waals surface area contributed by atoms with Crippen molar-refractivity contribution in [2.45, 2.75) is 50.5 Å². The molecule has 10 heteroatoms. The molecule has 0 radical (unpaired) electrons. The molecule has 3 fully saturated rings. The van der Waals surface area contributed by atoms with Gasteiger partial charge in [-0.3, -0.25) is 19.1 Å². The van der Waals surface area contributed by atoms with Crippen molar-refractivity contribution >= 4 is 17.2 Å². The van der Waals surface area contributed by atoms with Gasteiger partial charge in [0.05, 0.1) is 17.4 Å². The third-order valence-electron chi connectivity index (χ3n) is 8.43. The number of hydrogen-bond acceptors (Lipinski definition) is 6. The summed E-state index contributed by atoms with van der Waals surface area (Å²) in [5.74, 6) is 2.15. The van der Waals surface area contributed by atoms with E-state index in [0.717, 1.165) is 47.7 Å². The standard InChI is InChI=1S/C28H34N8O2/c1-4-35-9-8-19(35)16-38-25-15-29-34(3)27(25)18-7-10-36-20(11-18)12-26(32-36)30-28(37)22-13-21(22)23-14-24(17-5-6-17)33(2)31-23/h7,10-12,14-15,17,19,21-22H,4-6,8-9,13,16H2,1-3H3,(H,30,32,37)/t19-,21+,22-/m1/s1. The highest BCUT2D eigenvalue weighted by Gasteiger charge is 2.46. The van der Waals surface area contributed by atoms with Crippen molar-refractivity contribution in [2.24, 2.45) is 20.0 Å². The van der Waals surface area contributed by atoms with E-state index in [2.05, 4.69) is 39.5 Å². The minimum atomic E-state index is -0.0502. The number of carbonyl (C=O) groups excluding carboxylic acids is 1. The van der Waals surface area contributed by atoms with Crippen molar-refractivity contribution in [3.63, 3.8) is 0 Å². The van der Waals surface area contributed by atoms with Crippen LogP contribution in [0.1, 0.15) is 55.8 Å². The number of pyridine rings is 1. The van der Waals surface area contributed by atoms with E-state index in [9.17, 15) is 4.79 Å². The Morgan fingerprint density at radius 3 is 2.76 bits per heavy atom. The molecule has 0 aromatic carbocycles. The van der Waals surface area contributed by atoms with Gasteiger partial charge in [0.2, 0.25) is 5.91 Å². The zero-order valence-corrected chi connectivity index (χ0v) is 22.2. The average molecular weight is 515 g/mol. The Labute approximate surface area is 221 Å². The van der Waals surface area contributed by atoms with Gasteiger partial charge >= 0.3 is 0 Å². The molecule has 1 saturated heterocycles. The lowest BCUT2D eigenvalue weighted by molar-refractivity contribution is -0.117. The van der Waals surface area contributed by atoms with E-state index in [-0.39, 0.29) is 17.7 Å². The number of carbonyl (C=O) groups is 1. The van der Waals surface area contributed by atoms with Crippen LogP contribution in [-0.2, 0) is 18.9 Å². The molecule has 7 rings (SSSR count). The maximum absolute atomic E-state index is 13.0. The Hall–Kier alpha value is -3.66. The van der Waals surface area contributed by atoms with Gasteiger partial charge in [0, 0.05) is 68.0 Å². The SMILES string of the molecule is CCN1CC[C@@H]1COc1cnn(C)c1-c1ccn2nc(NC(=O)[C@@H]3C[C@@H]3c3cc(C4CC4)n(C)n3)cc2c1. The van der Waals surface area contributed by atoms with E-state index in [0.29, 0.717) is 24.4 Å². The van der Waals surface area contributed by atoms with Gasteiger partial charge < -0.3 is 10.1 Å². The van der Waals surface area contributed by atoms with Crippen molar-refractivity contribution in [1.82, 2.24) is 34.1 Å². The molecule has 2 aliphatic carbocycles.